The SMILES string of the molecule is O=C(CN1CCN2CCC[C@@H]2C1)NCc1ccccc1. The fourth-order valence-corrected chi connectivity index (χ4v) is 3.25. The third-order valence-corrected chi connectivity index (χ3v) is 4.37. The number of fused-ring (bicyclic) bond motifs is 1. The summed E-state index contributed by atoms with van der Waals surface area (Å²) in [6.45, 7) is 5.61. The molecule has 0 saturated carbocycles. The lowest BCUT2D eigenvalue weighted by Gasteiger charge is -2.37. The molecule has 1 N–H and O–H groups in total. The van der Waals surface area contributed by atoms with Gasteiger partial charge in [0.05, 0.1) is 6.54 Å². The van der Waals surface area contributed by atoms with E-state index in [1.54, 1.807) is 0 Å². The molecule has 4 heteroatoms. The van der Waals surface area contributed by atoms with Crippen molar-refractivity contribution in [2.75, 3.05) is 32.7 Å². The summed E-state index contributed by atoms with van der Waals surface area (Å²) >= 11 is 0. The van der Waals surface area contributed by atoms with Gasteiger partial charge in [-0.2, -0.15) is 0 Å². The minimum absolute atomic E-state index is 0.139. The maximum Gasteiger partial charge on any atom is 0.234 e. The Balaban J connectivity index is 1.42. The van der Waals surface area contributed by atoms with E-state index in [4.69, 9.17) is 0 Å². The van der Waals surface area contributed by atoms with Gasteiger partial charge in [-0.1, -0.05) is 30.3 Å². The van der Waals surface area contributed by atoms with Crippen LogP contribution in [0.1, 0.15) is 18.4 Å². The Morgan fingerprint density at radius 2 is 2.05 bits per heavy atom. The fourth-order valence-electron chi connectivity index (χ4n) is 3.25. The van der Waals surface area contributed by atoms with Gasteiger partial charge in [0.25, 0.3) is 0 Å². The van der Waals surface area contributed by atoms with Crippen LogP contribution in [0, 0.1) is 0 Å². The van der Waals surface area contributed by atoms with Crippen LogP contribution in [0.3, 0.4) is 0 Å². The van der Waals surface area contributed by atoms with Gasteiger partial charge in [0.2, 0.25) is 5.91 Å². The van der Waals surface area contributed by atoms with Crippen LogP contribution in [0.25, 0.3) is 0 Å². The maximum absolute atomic E-state index is 12.0. The lowest BCUT2D eigenvalue weighted by atomic mass is 10.1. The number of nitrogens with zero attached hydrogens (tertiary/aromatic N) is 2. The number of rotatable bonds is 4. The first kappa shape index (κ1) is 13.6. The minimum Gasteiger partial charge on any atom is -0.351 e. The first-order valence-corrected chi connectivity index (χ1v) is 7.58. The molecule has 0 aromatic heterocycles. The van der Waals surface area contributed by atoms with Crippen molar-refractivity contribution in [1.29, 1.82) is 0 Å². The average molecular weight is 273 g/mol. The predicted molar refractivity (Wildman–Crippen MR) is 79.3 cm³/mol. The summed E-state index contributed by atoms with van der Waals surface area (Å²) in [6.07, 6.45) is 2.61. The second-order valence-electron chi connectivity index (χ2n) is 5.83. The zero-order valence-corrected chi connectivity index (χ0v) is 11.9. The maximum atomic E-state index is 12.0. The van der Waals surface area contributed by atoms with Crippen molar-refractivity contribution in [2.45, 2.75) is 25.4 Å². The third kappa shape index (κ3) is 3.38. The highest BCUT2D eigenvalue weighted by molar-refractivity contribution is 5.78. The first-order chi connectivity index (χ1) is 9.81. The fraction of sp³-hybridized carbons (Fsp3) is 0.562. The summed E-state index contributed by atoms with van der Waals surface area (Å²) in [7, 11) is 0. The van der Waals surface area contributed by atoms with Crippen LogP contribution >= 0.6 is 0 Å². The van der Waals surface area contributed by atoms with Gasteiger partial charge in [-0.3, -0.25) is 14.6 Å². The zero-order chi connectivity index (χ0) is 13.8. The van der Waals surface area contributed by atoms with Gasteiger partial charge in [-0.05, 0) is 24.9 Å². The van der Waals surface area contributed by atoms with Crippen molar-refractivity contribution in [3.8, 4) is 0 Å². The van der Waals surface area contributed by atoms with Crippen LogP contribution in [0.4, 0.5) is 0 Å². The minimum atomic E-state index is 0.139. The molecule has 2 fully saturated rings. The van der Waals surface area contributed by atoms with Crippen LogP contribution in [-0.2, 0) is 11.3 Å². The predicted octanol–water partition coefficient (Wildman–Crippen LogP) is 1.08. The summed E-state index contributed by atoms with van der Waals surface area (Å²) in [5, 5.41) is 3.01. The standard InChI is InChI=1S/C16H23N3O/c20-16(17-11-14-5-2-1-3-6-14)13-18-9-10-19-8-4-7-15(19)12-18/h1-3,5-6,15H,4,7-13H2,(H,17,20)/t15-/m1/s1. The Kier molecular flexibility index (Phi) is 4.33. The number of hydrogen-bond acceptors (Lipinski definition) is 3. The van der Waals surface area contributed by atoms with E-state index in [1.165, 1.54) is 19.4 Å². The highest BCUT2D eigenvalue weighted by Crippen LogP contribution is 2.21. The molecule has 1 amide bonds. The van der Waals surface area contributed by atoms with Crippen molar-refractivity contribution < 1.29 is 4.79 Å². The van der Waals surface area contributed by atoms with Gasteiger partial charge in [0.1, 0.15) is 0 Å². The summed E-state index contributed by atoms with van der Waals surface area (Å²) < 4.78 is 0. The molecule has 108 valence electrons. The molecule has 4 nitrogen and oxygen atoms in total. The molecule has 2 aliphatic rings. The van der Waals surface area contributed by atoms with Crippen molar-refractivity contribution in [2.24, 2.45) is 0 Å². The lowest BCUT2D eigenvalue weighted by molar-refractivity contribution is -0.123. The quantitative estimate of drug-likeness (QED) is 0.892. The lowest BCUT2D eigenvalue weighted by Crippen LogP contribution is -2.52. The average Bonchev–Trinajstić information content (AvgIpc) is 2.94. The van der Waals surface area contributed by atoms with Crippen LogP contribution in [0.2, 0.25) is 0 Å². The van der Waals surface area contributed by atoms with E-state index in [0.29, 0.717) is 19.1 Å². The molecule has 20 heavy (non-hydrogen) atoms. The smallest absolute Gasteiger partial charge is 0.234 e. The van der Waals surface area contributed by atoms with E-state index in [-0.39, 0.29) is 5.91 Å². The Labute approximate surface area is 120 Å². The van der Waals surface area contributed by atoms with Gasteiger partial charge in [0, 0.05) is 32.2 Å². The van der Waals surface area contributed by atoms with E-state index in [0.717, 1.165) is 25.2 Å². The number of carbonyl (C=O) groups excluding carboxylic acids is 1. The van der Waals surface area contributed by atoms with Gasteiger partial charge in [-0.15, -0.1) is 0 Å². The van der Waals surface area contributed by atoms with E-state index < -0.39 is 0 Å². The molecule has 2 aliphatic heterocycles. The Morgan fingerprint density at radius 1 is 1.20 bits per heavy atom. The second-order valence-corrected chi connectivity index (χ2v) is 5.83. The Hall–Kier alpha value is -1.39. The molecule has 0 spiro atoms. The van der Waals surface area contributed by atoms with Crippen molar-refractivity contribution in [3.63, 3.8) is 0 Å². The molecule has 1 aromatic carbocycles. The van der Waals surface area contributed by atoms with Gasteiger partial charge in [-0.25, -0.2) is 0 Å². The normalized spacial score (nSPS) is 23.5. The molecular weight excluding hydrogens is 250 g/mol. The molecule has 2 heterocycles. The number of hydrogen-bond donors (Lipinski definition) is 1. The number of amides is 1. The molecule has 0 radical (unpaired) electrons. The van der Waals surface area contributed by atoms with E-state index >= 15 is 0 Å². The summed E-state index contributed by atoms with van der Waals surface area (Å²) in [4.78, 5) is 16.9. The van der Waals surface area contributed by atoms with E-state index in [2.05, 4.69) is 15.1 Å². The van der Waals surface area contributed by atoms with Crippen LogP contribution in [0.5, 0.6) is 0 Å². The largest absolute Gasteiger partial charge is 0.351 e. The van der Waals surface area contributed by atoms with Crippen LogP contribution < -0.4 is 5.32 Å². The molecular formula is C16H23N3O. The number of nitrogens with one attached hydrogen (secondary N) is 1. The molecule has 1 aromatic rings. The van der Waals surface area contributed by atoms with Crippen LogP contribution in [-0.4, -0.2) is 54.5 Å². The van der Waals surface area contributed by atoms with Crippen molar-refractivity contribution in [1.82, 2.24) is 15.1 Å². The molecule has 3 rings (SSSR count). The van der Waals surface area contributed by atoms with Crippen molar-refractivity contribution >= 4 is 5.91 Å². The van der Waals surface area contributed by atoms with Crippen LogP contribution in [0.15, 0.2) is 30.3 Å². The highest BCUT2D eigenvalue weighted by atomic mass is 16.2. The first-order valence-electron chi connectivity index (χ1n) is 7.58. The highest BCUT2D eigenvalue weighted by Gasteiger charge is 2.30. The molecule has 1 atom stereocenters. The molecule has 2 saturated heterocycles. The van der Waals surface area contributed by atoms with Gasteiger partial charge >= 0.3 is 0 Å². The number of piperazine rings is 1. The molecule has 0 unspecified atom stereocenters. The van der Waals surface area contributed by atoms with Crippen molar-refractivity contribution in [3.05, 3.63) is 35.9 Å². The monoisotopic (exact) mass is 273 g/mol. The zero-order valence-electron chi connectivity index (χ0n) is 11.9. The number of benzene rings is 1. The summed E-state index contributed by atoms with van der Waals surface area (Å²) in [6, 6.07) is 10.8. The van der Waals surface area contributed by atoms with E-state index in [9.17, 15) is 4.79 Å². The second kappa shape index (κ2) is 6.37. The topological polar surface area (TPSA) is 35.6 Å². The van der Waals surface area contributed by atoms with E-state index in [1.807, 2.05) is 30.3 Å². The molecule has 0 bridgehead atoms. The van der Waals surface area contributed by atoms with Gasteiger partial charge < -0.3 is 5.32 Å². The Bertz CT molecular complexity index is 448. The Morgan fingerprint density at radius 3 is 2.90 bits per heavy atom. The van der Waals surface area contributed by atoms with Gasteiger partial charge in [0.15, 0.2) is 0 Å². The summed E-state index contributed by atoms with van der Waals surface area (Å²) in [5.41, 5.74) is 1.15. The summed E-state index contributed by atoms with van der Waals surface area (Å²) in [5.74, 6) is 0.139. The molecule has 0 aliphatic carbocycles. The number of carbonyl (C=O) groups is 1. The third-order valence-electron chi connectivity index (χ3n) is 4.37.